The normalized spacial score (nSPS) is 12.0. The van der Waals surface area contributed by atoms with Crippen LogP contribution in [-0.2, 0) is 16.4 Å². The molecule has 0 radical (unpaired) electrons. The molecule has 13 heteroatoms. The lowest BCUT2D eigenvalue weighted by atomic mass is 9.95. The number of amides is 3. The number of hydrogen-bond donors (Lipinski definition) is 3. The average molecular weight is 589 g/mol. The Hall–Kier alpha value is -4.42. The number of pyridine rings is 1. The van der Waals surface area contributed by atoms with Gasteiger partial charge in [-0.15, -0.1) is 0 Å². The third kappa shape index (κ3) is 6.58. The van der Waals surface area contributed by atoms with Crippen molar-refractivity contribution in [3.8, 4) is 11.1 Å². The van der Waals surface area contributed by atoms with Gasteiger partial charge in [-0.1, -0.05) is 35.9 Å². The highest BCUT2D eigenvalue weighted by atomic mass is 35.5. The molecule has 3 aromatic carbocycles. The highest BCUT2D eigenvalue weighted by Gasteiger charge is 2.25. The van der Waals surface area contributed by atoms with Crippen LogP contribution in [-0.4, -0.2) is 25.3 Å². The quantitative estimate of drug-likeness (QED) is 0.270. The molecule has 40 heavy (non-hydrogen) atoms. The summed E-state index contributed by atoms with van der Waals surface area (Å²) in [6.45, 7) is 0. The minimum atomic E-state index is -4.41. The first-order valence-corrected chi connectivity index (χ1v) is 13.4. The van der Waals surface area contributed by atoms with E-state index in [4.69, 9.17) is 17.3 Å². The number of carbonyl (C=O) groups excluding carboxylic acids is 2. The number of nitrogens with two attached hydrogens (primary N) is 1. The Labute approximate surface area is 232 Å². The van der Waals surface area contributed by atoms with Gasteiger partial charge in [0.2, 0.25) is 0 Å². The van der Waals surface area contributed by atoms with Crippen LogP contribution in [0.15, 0.2) is 83.9 Å². The molecule has 206 valence electrons. The second-order valence-electron chi connectivity index (χ2n) is 8.53. The fourth-order valence-corrected chi connectivity index (χ4v) is 5.43. The first-order valence-electron chi connectivity index (χ1n) is 11.5. The third-order valence-corrected chi connectivity index (χ3v) is 7.61. The van der Waals surface area contributed by atoms with Crippen LogP contribution < -0.4 is 15.8 Å². The summed E-state index contributed by atoms with van der Waals surface area (Å²) in [7, 11) is -4.41. The molecule has 8 nitrogen and oxygen atoms in total. The number of hydrogen-bond acceptors (Lipinski definition) is 5. The maximum atomic E-state index is 14.1. The Kier molecular flexibility index (Phi) is 8.40. The van der Waals surface area contributed by atoms with Gasteiger partial charge in [0.1, 0.15) is 22.3 Å². The molecule has 0 aliphatic carbocycles. The fraction of sp³-hybridized carbons (Fsp3) is 0.0741. The van der Waals surface area contributed by atoms with E-state index < -0.39 is 45.5 Å². The minimum Gasteiger partial charge on any atom is -0.366 e. The van der Waals surface area contributed by atoms with Gasteiger partial charge in [0.05, 0.1) is 22.3 Å². The van der Waals surface area contributed by atoms with Crippen molar-refractivity contribution in [1.29, 1.82) is 0 Å². The third-order valence-electron chi connectivity index (χ3n) is 5.78. The predicted octanol–water partition coefficient (Wildman–Crippen LogP) is 4.89. The standard InChI is InChI=1S/C27H20ClF3N4O4S/c28-21-5-1-2-6-25(21)40(38,39)35-27(37)34-23(16-10-17(29)13-18(30)11-16)14-24-19(4-3-9-33-24)15-7-8-22(31)20(12-15)26(32)36/h1-13,23H,14H2,(H2,32,36)(H2,34,35,37). The van der Waals surface area contributed by atoms with Crippen molar-refractivity contribution in [3.63, 3.8) is 0 Å². The molecule has 0 aliphatic rings. The molecular weight excluding hydrogens is 569 g/mol. The van der Waals surface area contributed by atoms with Crippen LogP contribution in [0.3, 0.4) is 0 Å². The van der Waals surface area contributed by atoms with E-state index in [0.717, 1.165) is 18.2 Å². The van der Waals surface area contributed by atoms with E-state index >= 15 is 0 Å². The van der Waals surface area contributed by atoms with Crippen molar-refractivity contribution in [2.24, 2.45) is 5.73 Å². The highest BCUT2D eigenvalue weighted by Crippen LogP contribution is 2.29. The number of rotatable bonds is 8. The van der Waals surface area contributed by atoms with Gasteiger partial charge in [-0.3, -0.25) is 9.78 Å². The topological polar surface area (TPSA) is 131 Å². The number of sulfonamides is 1. The van der Waals surface area contributed by atoms with Crippen LogP contribution in [0, 0.1) is 17.5 Å². The lowest BCUT2D eigenvalue weighted by molar-refractivity contribution is 0.0996. The maximum Gasteiger partial charge on any atom is 0.329 e. The van der Waals surface area contributed by atoms with Crippen molar-refractivity contribution in [1.82, 2.24) is 15.0 Å². The highest BCUT2D eigenvalue weighted by molar-refractivity contribution is 7.90. The molecule has 4 rings (SSSR count). The van der Waals surface area contributed by atoms with E-state index in [1.165, 1.54) is 42.6 Å². The van der Waals surface area contributed by atoms with Crippen molar-refractivity contribution >= 4 is 33.6 Å². The average Bonchev–Trinajstić information content (AvgIpc) is 2.88. The van der Waals surface area contributed by atoms with Crippen molar-refractivity contribution in [3.05, 3.63) is 118 Å². The van der Waals surface area contributed by atoms with Crippen molar-refractivity contribution < 1.29 is 31.2 Å². The predicted molar refractivity (Wildman–Crippen MR) is 141 cm³/mol. The zero-order chi connectivity index (χ0) is 29.0. The Balaban J connectivity index is 1.70. The second kappa shape index (κ2) is 11.8. The number of nitrogens with zero attached hydrogens (tertiary/aromatic N) is 1. The Morgan fingerprint density at radius 3 is 2.33 bits per heavy atom. The molecule has 1 aromatic heterocycles. The molecule has 4 N–H and O–H groups in total. The summed E-state index contributed by atoms with van der Waals surface area (Å²) in [4.78, 5) is 28.5. The van der Waals surface area contributed by atoms with Crippen molar-refractivity contribution in [2.75, 3.05) is 0 Å². The van der Waals surface area contributed by atoms with E-state index in [1.54, 1.807) is 12.1 Å². The van der Waals surface area contributed by atoms with Gasteiger partial charge in [0.25, 0.3) is 15.9 Å². The Morgan fingerprint density at radius 2 is 1.65 bits per heavy atom. The lowest BCUT2D eigenvalue weighted by Crippen LogP contribution is -2.42. The summed E-state index contributed by atoms with van der Waals surface area (Å²) in [5, 5.41) is 2.29. The van der Waals surface area contributed by atoms with Crippen LogP contribution in [0.4, 0.5) is 18.0 Å². The molecule has 0 saturated carbocycles. The van der Waals surface area contributed by atoms with Gasteiger partial charge in [-0.25, -0.2) is 31.1 Å². The first kappa shape index (κ1) is 28.6. The number of nitrogens with one attached hydrogen (secondary N) is 2. The first-order chi connectivity index (χ1) is 18.9. The molecule has 0 aliphatic heterocycles. The fourth-order valence-electron chi connectivity index (χ4n) is 3.99. The lowest BCUT2D eigenvalue weighted by Gasteiger charge is -2.21. The molecule has 3 amide bonds. The van der Waals surface area contributed by atoms with Gasteiger partial charge >= 0.3 is 6.03 Å². The summed E-state index contributed by atoms with van der Waals surface area (Å²) in [5.41, 5.74) is 5.90. The molecule has 1 unspecified atom stereocenters. The number of primary amides is 1. The number of urea groups is 1. The number of halogens is 4. The van der Waals surface area contributed by atoms with Crippen molar-refractivity contribution in [2.45, 2.75) is 17.4 Å². The summed E-state index contributed by atoms with van der Waals surface area (Å²) in [5.74, 6) is -3.68. The SMILES string of the molecule is NC(=O)c1cc(-c2cccnc2CC(NC(=O)NS(=O)(=O)c2ccccc2Cl)c2cc(F)cc(F)c2)ccc1F. The summed E-state index contributed by atoms with van der Waals surface area (Å²) in [6, 6.07) is 12.5. The van der Waals surface area contributed by atoms with Gasteiger partial charge < -0.3 is 11.1 Å². The van der Waals surface area contributed by atoms with Gasteiger partial charge in [-0.2, -0.15) is 0 Å². The van der Waals surface area contributed by atoms with Crippen LogP contribution in [0.2, 0.25) is 5.02 Å². The summed E-state index contributed by atoms with van der Waals surface area (Å²) >= 11 is 5.96. The molecule has 0 fully saturated rings. The minimum absolute atomic E-state index is 0.0312. The molecule has 0 saturated heterocycles. The van der Waals surface area contributed by atoms with E-state index in [-0.39, 0.29) is 33.2 Å². The second-order valence-corrected chi connectivity index (χ2v) is 10.6. The summed E-state index contributed by atoms with van der Waals surface area (Å²) in [6.07, 6.45) is 1.23. The van der Waals surface area contributed by atoms with E-state index in [9.17, 15) is 31.2 Å². The van der Waals surface area contributed by atoms with Crippen LogP contribution in [0.5, 0.6) is 0 Å². The molecule has 4 aromatic rings. The molecule has 1 heterocycles. The van der Waals surface area contributed by atoms with E-state index in [0.29, 0.717) is 17.2 Å². The van der Waals surface area contributed by atoms with E-state index in [1.807, 2.05) is 4.72 Å². The van der Waals surface area contributed by atoms with E-state index in [2.05, 4.69) is 10.3 Å². The molecular formula is C27H20ClF3N4O4S. The number of benzene rings is 3. The van der Waals surface area contributed by atoms with Crippen LogP contribution >= 0.6 is 11.6 Å². The van der Waals surface area contributed by atoms with Gasteiger partial charge in [0, 0.05) is 24.2 Å². The van der Waals surface area contributed by atoms with Gasteiger partial charge in [-0.05, 0) is 53.6 Å². The molecule has 0 bridgehead atoms. The summed E-state index contributed by atoms with van der Waals surface area (Å²) < 4.78 is 69.7. The Morgan fingerprint density at radius 1 is 0.950 bits per heavy atom. The molecule has 0 spiro atoms. The van der Waals surface area contributed by atoms with Crippen LogP contribution in [0.1, 0.15) is 27.7 Å². The smallest absolute Gasteiger partial charge is 0.329 e. The van der Waals surface area contributed by atoms with Gasteiger partial charge in [0.15, 0.2) is 0 Å². The molecule has 1 atom stereocenters. The number of carbonyl (C=O) groups is 2. The monoisotopic (exact) mass is 588 g/mol. The van der Waals surface area contributed by atoms with Crippen LogP contribution in [0.25, 0.3) is 11.1 Å². The zero-order valence-corrected chi connectivity index (χ0v) is 21.9. The maximum absolute atomic E-state index is 14.1. The largest absolute Gasteiger partial charge is 0.366 e. The Bertz CT molecular complexity index is 1700. The zero-order valence-electron chi connectivity index (χ0n) is 20.4. The number of aromatic nitrogens is 1.